The van der Waals surface area contributed by atoms with Crippen LogP contribution in [0.1, 0.15) is 200 Å². The number of ether oxygens (including phenoxy) is 3. The molecule has 0 bridgehead atoms. The molecule has 51 heavy (non-hydrogen) atoms. The third kappa shape index (κ3) is 38.9. The Hall–Kier alpha value is -2.15. The number of rotatable bonds is 38. The lowest BCUT2D eigenvalue weighted by Gasteiger charge is -2.18. The number of unbranched alkanes of at least 4 members (excludes halogenated alkanes) is 22. The molecule has 0 aliphatic heterocycles. The lowest BCUT2D eigenvalue weighted by atomic mass is 10.1. The highest BCUT2D eigenvalue weighted by molar-refractivity contribution is 5.71. The maximum atomic E-state index is 12.6. The van der Waals surface area contributed by atoms with Gasteiger partial charge in [-0.3, -0.25) is 14.4 Å². The molecular formula is C44H81NO6. The van der Waals surface area contributed by atoms with Crippen LogP contribution in [0.4, 0.5) is 0 Å². The van der Waals surface area contributed by atoms with Gasteiger partial charge in [0.25, 0.3) is 0 Å². The molecular weight excluding hydrogens is 638 g/mol. The zero-order valence-corrected chi connectivity index (χ0v) is 33.9. The van der Waals surface area contributed by atoms with Gasteiger partial charge in [-0.15, -0.1) is 0 Å². The average molecular weight is 720 g/mol. The van der Waals surface area contributed by atoms with Crippen molar-refractivity contribution < 1.29 is 28.6 Å². The van der Waals surface area contributed by atoms with E-state index in [-0.39, 0.29) is 37.5 Å². The van der Waals surface area contributed by atoms with E-state index >= 15 is 0 Å². The first-order valence-electron chi connectivity index (χ1n) is 21.3. The van der Waals surface area contributed by atoms with Gasteiger partial charge in [0.1, 0.15) is 13.2 Å². The van der Waals surface area contributed by atoms with Crippen LogP contribution in [-0.4, -0.2) is 62.8 Å². The molecule has 0 amide bonds. The number of hydrogen-bond donors (Lipinski definition) is 0. The average Bonchev–Trinajstić information content (AvgIpc) is 3.11. The maximum Gasteiger partial charge on any atom is 0.307 e. The third-order valence-electron chi connectivity index (χ3n) is 9.21. The van der Waals surface area contributed by atoms with Crippen LogP contribution < -0.4 is 0 Å². The van der Waals surface area contributed by atoms with Crippen molar-refractivity contribution >= 4 is 17.9 Å². The van der Waals surface area contributed by atoms with E-state index in [4.69, 9.17) is 14.2 Å². The summed E-state index contributed by atoms with van der Waals surface area (Å²) >= 11 is 0. The van der Waals surface area contributed by atoms with Gasteiger partial charge < -0.3 is 19.1 Å². The molecule has 0 aliphatic carbocycles. The molecule has 0 heterocycles. The standard InChI is InChI=1S/C44H81NO6/c1-5-7-9-11-13-15-17-19-21-23-25-27-29-31-33-35-42(46)49-39-41(40-50-43(47)37-38-45(3)4)51-44(48)36-34-32-30-28-26-24-22-20-18-16-14-12-10-8-6-2/h19-22,41H,5-18,23-40H2,1-4H3/b21-19-,22-20-/t41-/m1/s1. The second-order valence-electron chi connectivity index (χ2n) is 14.7. The van der Waals surface area contributed by atoms with E-state index in [2.05, 4.69) is 38.2 Å². The first-order valence-corrected chi connectivity index (χ1v) is 21.3. The van der Waals surface area contributed by atoms with E-state index in [0.29, 0.717) is 19.4 Å². The van der Waals surface area contributed by atoms with E-state index in [9.17, 15) is 14.4 Å². The summed E-state index contributed by atoms with van der Waals surface area (Å²) in [6.45, 7) is 4.89. The van der Waals surface area contributed by atoms with Crippen LogP contribution in [0.15, 0.2) is 24.3 Å². The molecule has 1 atom stereocenters. The van der Waals surface area contributed by atoms with Gasteiger partial charge in [-0.2, -0.15) is 0 Å². The van der Waals surface area contributed by atoms with Crippen molar-refractivity contribution in [3.8, 4) is 0 Å². The molecule has 0 spiro atoms. The van der Waals surface area contributed by atoms with Gasteiger partial charge in [0, 0.05) is 19.4 Å². The first-order chi connectivity index (χ1) is 24.9. The second-order valence-corrected chi connectivity index (χ2v) is 14.7. The molecule has 0 saturated carbocycles. The van der Waals surface area contributed by atoms with E-state index in [0.717, 1.165) is 57.8 Å². The van der Waals surface area contributed by atoms with Crippen molar-refractivity contribution in [2.75, 3.05) is 33.9 Å². The Balaban J connectivity index is 4.16. The van der Waals surface area contributed by atoms with Gasteiger partial charge in [0.2, 0.25) is 0 Å². The zero-order valence-electron chi connectivity index (χ0n) is 33.9. The van der Waals surface area contributed by atoms with E-state index in [1.54, 1.807) is 0 Å². The molecule has 0 aromatic carbocycles. The predicted octanol–water partition coefficient (Wildman–Crippen LogP) is 12.0. The number of carbonyl (C=O) groups excluding carboxylic acids is 3. The summed E-state index contributed by atoms with van der Waals surface area (Å²) in [6.07, 6.45) is 40.6. The summed E-state index contributed by atoms with van der Waals surface area (Å²) in [5, 5.41) is 0. The van der Waals surface area contributed by atoms with E-state index in [1.165, 1.54) is 109 Å². The Labute approximate surface area is 315 Å². The molecule has 0 fully saturated rings. The first kappa shape index (κ1) is 48.9. The van der Waals surface area contributed by atoms with Crippen LogP contribution in [0, 0.1) is 0 Å². The Morgan fingerprint density at radius 1 is 0.451 bits per heavy atom. The maximum absolute atomic E-state index is 12.6. The summed E-state index contributed by atoms with van der Waals surface area (Å²) < 4.78 is 16.4. The van der Waals surface area contributed by atoms with Crippen molar-refractivity contribution in [1.29, 1.82) is 0 Å². The van der Waals surface area contributed by atoms with Crippen molar-refractivity contribution in [1.82, 2.24) is 4.90 Å². The lowest BCUT2D eigenvalue weighted by Crippen LogP contribution is -2.31. The minimum atomic E-state index is -0.790. The fourth-order valence-electron chi connectivity index (χ4n) is 5.87. The molecule has 0 unspecified atom stereocenters. The molecule has 0 rings (SSSR count). The summed E-state index contributed by atoms with van der Waals surface area (Å²) in [5.74, 6) is -0.998. The fourth-order valence-corrected chi connectivity index (χ4v) is 5.87. The van der Waals surface area contributed by atoms with E-state index < -0.39 is 6.10 Å². The highest BCUT2D eigenvalue weighted by Gasteiger charge is 2.19. The van der Waals surface area contributed by atoms with Crippen LogP contribution in [0.25, 0.3) is 0 Å². The van der Waals surface area contributed by atoms with Crippen molar-refractivity contribution in [3.63, 3.8) is 0 Å². The topological polar surface area (TPSA) is 82.1 Å². The van der Waals surface area contributed by atoms with Gasteiger partial charge in [0.05, 0.1) is 6.42 Å². The SMILES string of the molecule is CCCCCCCC/C=C\CCCCCCCC(=O)OC[C@H](COC(=O)CCN(C)C)OC(=O)CCCCCCC/C=C\CCCCCCCC. The van der Waals surface area contributed by atoms with Crippen LogP contribution in [-0.2, 0) is 28.6 Å². The fraction of sp³-hybridized carbons (Fsp3) is 0.841. The lowest BCUT2D eigenvalue weighted by molar-refractivity contribution is -0.167. The normalized spacial score (nSPS) is 12.3. The smallest absolute Gasteiger partial charge is 0.307 e. The molecule has 0 radical (unpaired) electrons. The molecule has 0 aromatic heterocycles. The highest BCUT2D eigenvalue weighted by atomic mass is 16.6. The summed E-state index contributed by atoms with van der Waals surface area (Å²) in [5.41, 5.74) is 0. The monoisotopic (exact) mass is 720 g/mol. The minimum absolute atomic E-state index is 0.0943. The number of hydrogen-bond acceptors (Lipinski definition) is 7. The minimum Gasteiger partial charge on any atom is -0.462 e. The second kappa shape index (κ2) is 39.1. The number of carbonyl (C=O) groups is 3. The molecule has 0 aliphatic rings. The highest BCUT2D eigenvalue weighted by Crippen LogP contribution is 2.13. The van der Waals surface area contributed by atoms with Crippen LogP contribution in [0.3, 0.4) is 0 Å². The van der Waals surface area contributed by atoms with Crippen molar-refractivity contribution in [3.05, 3.63) is 24.3 Å². The van der Waals surface area contributed by atoms with Gasteiger partial charge in [-0.25, -0.2) is 0 Å². The van der Waals surface area contributed by atoms with Crippen molar-refractivity contribution in [2.45, 2.75) is 206 Å². The Kier molecular flexibility index (Phi) is 37.4. The number of allylic oxidation sites excluding steroid dienone is 4. The van der Waals surface area contributed by atoms with Gasteiger partial charge >= 0.3 is 17.9 Å². The van der Waals surface area contributed by atoms with Crippen molar-refractivity contribution in [2.24, 2.45) is 0 Å². The van der Waals surface area contributed by atoms with Crippen LogP contribution >= 0.6 is 0 Å². The zero-order chi connectivity index (χ0) is 37.5. The van der Waals surface area contributed by atoms with Crippen LogP contribution in [0.2, 0.25) is 0 Å². The summed E-state index contributed by atoms with van der Waals surface area (Å²) in [4.78, 5) is 39.1. The summed E-state index contributed by atoms with van der Waals surface area (Å²) in [7, 11) is 3.78. The van der Waals surface area contributed by atoms with Gasteiger partial charge in [0.15, 0.2) is 6.10 Å². The molecule has 0 aromatic rings. The van der Waals surface area contributed by atoms with Gasteiger partial charge in [-0.1, -0.05) is 141 Å². The Morgan fingerprint density at radius 2 is 0.784 bits per heavy atom. The predicted molar refractivity (Wildman–Crippen MR) is 214 cm³/mol. The molecule has 0 saturated heterocycles. The van der Waals surface area contributed by atoms with Gasteiger partial charge in [-0.05, 0) is 78.3 Å². The number of nitrogens with zero attached hydrogens (tertiary/aromatic N) is 1. The summed E-state index contributed by atoms with van der Waals surface area (Å²) in [6, 6.07) is 0. The third-order valence-corrected chi connectivity index (χ3v) is 9.21. The number of esters is 3. The van der Waals surface area contributed by atoms with E-state index in [1.807, 2.05) is 19.0 Å². The van der Waals surface area contributed by atoms with Crippen LogP contribution in [0.5, 0.6) is 0 Å². The molecule has 7 heteroatoms. The Morgan fingerprint density at radius 3 is 1.18 bits per heavy atom. The quantitative estimate of drug-likeness (QED) is 0.0272. The largest absolute Gasteiger partial charge is 0.462 e. The Bertz CT molecular complexity index is 855. The molecule has 298 valence electrons. The molecule has 7 nitrogen and oxygen atoms in total. The molecule has 0 N–H and O–H groups in total.